The zero-order valence-electron chi connectivity index (χ0n) is 9.14. The molecule has 4 nitrogen and oxygen atoms in total. The number of nitrogens with one attached hydrogen (secondary N) is 1. The molecule has 2 N–H and O–H groups in total. The number of thioether (sulfide) groups is 1. The molecule has 0 saturated carbocycles. The predicted molar refractivity (Wildman–Crippen MR) is 67.4 cm³/mol. The number of aliphatic carboxylic acids is 1. The topological polar surface area (TPSA) is 66.4 Å². The summed E-state index contributed by atoms with van der Waals surface area (Å²) in [5.41, 5.74) is 0. The molecule has 1 atom stereocenters. The molecule has 6 heteroatoms. The second-order valence-corrected chi connectivity index (χ2v) is 5.09. The van der Waals surface area contributed by atoms with E-state index in [2.05, 4.69) is 5.32 Å². The van der Waals surface area contributed by atoms with Gasteiger partial charge in [-0.05, 0) is 19.1 Å². The number of hydrogen-bond acceptors (Lipinski definition) is 3. The molecule has 0 aliphatic heterocycles. The highest BCUT2D eigenvalue weighted by atomic mass is 35.5. The van der Waals surface area contributed by atoms with Gasteiger partial charge in [-0.1, -0.05) is 23.7 Å². The van der Waals surface area contributed by atoms with Crippen molar-refractivity contribution in [3.63, 3.8) is 0 Å². The third-order valence-electron chi connectivity index (χ3n) is 1.92. The molecular weight excluding hydrogens is 262 g/mol. The largest absolute Gasteiger partial charge is 0.480 e. The van der Waals surface area contributed by atoms with Gasteiger partial charge in [-0.15, -0.1) is 11.8 Å². The lowest BCUT2D eigenvalue weighted by Gasteiger charge is -2.11. The van der Waals surface area contributed by atoms with Crippen molar-refractivity contribution in [2.45, 2.75) is 17.1 Å². The van der Waals surface area contributed by atoms with E-state index in [1.54, 1.807) is 13.0 Å². The molecule has 0 saturated heterocycles. The summed E-state index contributed by atoms with van der Waals surface area (Å²) in [4.78, 5) is 22.6. The number of carboxylic acids is 1. The maximum Gasteiger partial charge on any atom is 0.322 e. The molecule has 0 aromatic heterocycles. The van der Waals surface area contributed by atoms with Crippen LogP contribution in [0.4, 0.5) is 0 Å². The van der Waals surface area contributed by atoms with Crippen LogP contribution in [0.2, 0.25) is 5.02 Å². The summed E-state index contributed by atoms with van der Waals surface area (Å²) in [6.45, 7) is 1.33. The highest BCUT2D eigenvalue weighted by Gasteiger charge is 2.15. The van der Waals surface area contributed by atoms with Gasteiger partial charge in [-0.2, -0.15) is 0 Å². The minimum Gasteiger partial charge on any atom is -0.480 e. The summed E-state index contributed by atoms with van der Waals surface area (Å²) in [5, 5.41) is 10.9. The highest BCUT2D eigenvalue weighted by molar-refractivity contribution is 8.00. The van der Waals surface area contributed by atoms with E-state index < -0.39 is 11.2 Å². The Labute approximate surface area is 108 Å². The summed E-state index contributed by atoms with van der Waals surface area (Å²) in [7, 11) is 0. The van der Waals surface area contributed by atoms with E-state index in [1.807, 2.05) is 18.2 Å². The fourth-order valence-electron chi connectivity index (χ4n) is 1.09. The molecule has 17 heavy (non-hydrogen) atoms. The molecule has 1 aromatic carbocycles. The molecule has 1 unspecified atom stereocenters. The van der Waals surface area contributed by atoms with E-state index >= 15 is 0 Å². The molecule has 1 amide bonds. The van der Waals surface area contributed by atoms with E-state index in [1.165, 1.54) is 11.8 Å². The Bertz CT molecular complexity index is 425. The van der Waals surface area contributed by atoms with Crippen molar-refractivity contribution in [2.24, 2.45) is 0 Å². The second-order valence-electron chi connectivity index (χ2n) is 3.30. The summed E-state index contributed by atoms with van der Waals surface area (Å²) >= 11 is 7.25. The number of amides is 1. The molecule has 0 heterocycles. The van der Waals surface area contributed by atoms with Gasteiger partial charge in [0.25, 0.3) is 0 Å². The van der Waals surface area contributed by atoms with Gasteiger partial charge in [0.05, 0.1) is 10.3 Å². The summed E-state index contributed by atoms with van der Waals surface area (Å²) in [6, 6.07) is 7.19. The van der Waals surface area contributed by atoms with Gasteiger partial charge in [-0.25, -0.2) is 0 Å². The first-order chi connectivity index (χ1) is 8.00. The average molecular weight is 274 g/mol. The smallest absolute Gasteiger partial charge is 0.322 e. The lowest BCUT2D eigenvalue weighted by molar-refractivity contribution is -0.137. The Balaban J connectivity index is 2.54. The SMILES string of the molecule is CC(Sc1ccccc1Cl)C(=O)NCC(=O)O. The minimum atomic E-state index is -1.06. The molecule has 0 bridgehead atoms. The van der Waals surface area contributed by atoms with E-state index in [-0.39, 0.29) is 12.5 Å². The number of hydrogen-bond donors (Lipinski definition) is 2. The van der Waals surface area contributed by atoms with Crippen LogP contribution in [0.25, 0.3) is 0 Å². The quantitative estimate of drug-likeness (QED) is 0.806. The Morgan fingerprint density at radius 3 is 2.71 bits per heavy atom. The third kappa shape index (κ3) is 4.66. The molecule has 0 radical (unpaired) electrons. The molecule has 1 rings (SSSR count). The van der Waals surface area contributed by atoms with Gasteiger partial charge in [-0.3, -0.25) is 9.59 Å². The Morgan fingerprint density at radius 1 is 1.47 bits per heavy atom. The summed E-state index contributed by atoms with van der Waals surface area (Å²) in [6.07, 6.45) is 0. The number of benzene rings is 1. The van der Waals surface area contributed by atoms with E-state index in [0.29, 0.717) is 5.02 Å². The maximum absolute atomic E-state index is 11.5. The Kier molecular flexibility index (Phi) is 5.31. The van der Waals surface area contributed by atoms with Crippen LogP contribution >= 0.6 is 23.4 Å². The van der Waals surface area contributed by atoms with Gasteiger partial charge in [0.15, 0.2) is 0 Å². The van der Waals surface area contributed by atoms with Gasteiger partial charge in [0.1, 0.15) is 6.54 Å². The molecule has 0 fully saturated rings. The number of halogens is 1. The summed E-state index contributed by atoms with van der Waals surface area (Å²) in [5.74, 6) is -1.38. The average Bonchev–Trinajstić information content (AvgIpc) is 2.28. The number of carboxylic acid groups (broad SMARTS) is 1. The first-order valence-corrected chi connectivity index (χ1v) is 6.17. The number of rotatable bonds is 5. The van der Waals surface area contributed by atoms with Crippen LogP contribution in [0.15, 0.2) is 29.2 Å². The van der Waals surface area contributed by atoms with Crippen LogP contribution in [0, 0.1) is 0 Å². The van der Waals surface area contributed by atoms with Crippen LogP contribution in [0.1, 0.15) is 6.92 Å². The first-order valence-electron chi connectivity index (χ1n) is 4.91. The zero-order chi connectivity index (χ0) is 12.8. The third-order valence-corrected chi connectivity index (χ3v) is 3.54. The Morgan fingerprint density at radius 2 is 2.12 bits per heavy atom. The minimum absolute atomic E-state index is 0.322. The van der Waals surface area contributed by atoms with Crippen LogP contribution < -0.4 is 5.32 Å². The van der Waals surface area contributed by atoms with E-state index in [9.17, 15) is 9.59 Å². The summed E-state index contributed by atoms with van der Waals surface area (Å²) < 4.78 is 0. The molecule has 92 valence electrons. The van der Waals surface area contributed by atoms with Crippen molar-refractivity contribution in [3.8, 4) is 0 Å². The lowest BCUT2D eigenvalue weighted by Crippen LogP contribution is -2.34. The van der Waals surface area contributed by atoms with Crippen LogP contribution in [-0.2, 0) is 9.59 Å². The molecule has 0 aliphatic rings. The van der Waals surface area contributed by atoms with Gasteiger partial charge < -0.3 is 10.4 Å². The van der Waals surface area contributed by atoms with Gasteiger partial charge in [0.2, 0.25) is 5.91 Å². The van der Waals surface area contributed by atoms with Crippen molar-refractivity contribution < 1.29 is 14.7 Å². The lowest BCUT2D eigenvalue weighted by atomic mass is 10.4. The van der Waals surface area contributed by atoms with E-state index in [0.717, 1.165) is 4.90 Å². The van der Waals surface area contributed by atoms with Crippen LogP contribution in [0.3, 0.4) is 0 Å². The van der Waals surface area contributed by atoms with Crippen molar-refractivity contribution in [2.75, 3.05) is 6.54 Å². The standard InChI is InChI=1S/C11H12ClNO3S/c1-7(11(16)13-6-10(14)15)17-9-5-3-2-4-8(9)12/h2-5,7H,6H2,1H3,(H,13,16)(H,14,15). The fourth-order valence-corrected chi connectivity index (χ4v) is 2.27. The first kappa shape index (κ1) is 13.9. The molecule has 0 aliphatic carbocycles. The number of carbonyl (C=O) groups is 2. The monoisotopic (exact) mass is 273 g/mol. The van der Waals surface area contributed by atoms with Crippen molar-refractivity contribution in [1.82, 2.24) is 5.32 Å². The normalized spacial score (nSPS) is 11.9. The molecule has 0 spiro atoms. The van der Waals surface area contributed by atoms with Crippen molar-refractivity contribution >= 4 is 35.2 Å². The van der Waals surface area contributed by atoms with Gasteiger partial charge >= 0.3 is 5.97 Å². The van der Waals surface area contributed by atoms with Crippen molar-refractivity contribution in [3.05, 3.63) is 29.3 Å². The van der Waals surface area contributed by atoms with E-state index in [4.69, 9.17) is 16.7 Å². The molecule has 1 aromatic rings. The zero-order valence-corrected chi connectivity index (χ0v) is 10.7. The second kappa shape index (κ2) is 6.51. The van der Waals surface area contributed by atoms with Gasteiger partial charge in [0, 0.05) is 4.90 Å². The molecular formula is C11H12ClNO3S. The highest BCUT2D eigenvalue weighted by Crippen LogP contribution is 2.29. The van der Waals surface area contributed by atoms with Crippen molar-refractivity contribution in [1.29, 1.82) is 0 Å². The maximum atomic E-state index is 11.5. The predicted octanol–water partition coefficient (Wildman–Crippen LogP) is 2.02. The Hall–Kier alpha value is -1.20. The fraction of sp³-hybridized carbons (Fsp3) is 0.273. The van der Waals surface area contributed by atoms with Crippen LogP contribution in [-0.4, -0.2) is 28.8 Å². The number of carbonyl (C=O) groups excluding carboxylic acids is 1. The van der Waals surface area contributed by atoms with Crippen LogP contribution in [0.5, 0.6) is 0 Å².